The third-order valence-electron chi connectivity index (χ3n) is 4.20. The maximum atomic E-state index is 12.6. The van der Waals surface area contributed by atoms with E-state index in [4.69, 9.17) is 5.14 Å². The smallest absolute Gasteiger partial charge is 0.242 e. The number of rotatable bonds is 7. The number of carbonyl (C=O) groups excluding carboxylic acids is 1. The van der Waals surface area contributed by atoms with E-state index >= 15 is 0 Å². The number of hydrogen-bond donors (Lipinski definition) is 3. The molecule has 0 unspecified atom stereocenters. The average Bonchev–Trinajstić information content (AvgIpc) is 2.61. The number of sulfonamides is 1. The van der Waals surface area contributed by atoms with Gasteiger partial charge in [-0.25, -0.2) is 13.6 Å². The topological polar surface area (TPSA) is 105 Å². The molecule has 0 fully saturated rings. The Labute approximate surface area is 160 Å². The zero-order valence-corrected chi connectivity index (χ0v) is 16.7. The Balaban J connectivity index is 2.18. The first kappa shape index (κ1) is 20.7. The average molecular weight is 391 g/mol. The van der Waals surface area contributed by atoms with Crippen molar-refractivity contribution in [2.45, 2.75) is 30.8 Å². The molecule has 0 radical (unpaired) electrons. The first-order chi connectivity index (χ1) is 12.6. The van der Waals surface area contributed by atoms with Crippen molar-refractivity contribution in [3.8, 4) is 0 Å². The van der Waals surface area contributed by atoms with Crippen LogP contribution in [0.2, 0.25) is 0 Å². The number of benzene rings is 2. The SMILES string of the molecule is C[C@H](NC(=O)[C@@H](C)Nc1cc(S(N)(=O)=O)ccc1N(C)C)c1ccccc1. The molecule has 0 bridgehead atoms. The Bertz CT molecular complexity index is 898. The predicted octanol–water partition coefficient (Wildman–Crippen LogP) is 2.08. The van der Waals surface area contributed by atoms with Gasteiger partial charge in [-0.15, -0.1) is 0 Å². The van der Waals surface area contributed by atoms with Crippen molar-refractivity contribution in [3.63, 3.8) is 0 Å². The van der Waals surface area contributed by atoms with E-state index in [1.807, 2.05) is 56.3 Å². The lowest BCUT2D eigenvalue weighted by Gasteiger charge is -2.23. The van der Waals surface area contributed by atoms with Gasteiger partial charge in [-0.05, 0) is 37.6 Å². The van der Waals surface area contributed by atoms with E-state index in [1.165, 1.54) is 12.1 Å². The van der Waals surface area contributed by atoms with Gasteiger partial charge in [-0.2, -0.15) is 0 Å². The fraction of sp³-hybridized carbons (Fsp3) is 0.316. The van der Waals surface area contributed by atoms with Gasteiger partial charge in [0.1, 0.15) is 6.04 Å². The minimum atomic E-state index is -3.84. The van der Waals surface area contributed by atoms with Crippen molar-refractivity contribution in [1.29, 1.82) is 0 Å². The molecule has 0 spiro atoms. The maximum Gasteiger partial charge on any atom is 0.242 e. The molecular weight excluding hydrogens is 364 g/mol. The summed E-state index contributed by atoms with van der Waals surface area (Å²) in [5, 5.41) is 11.3. The molecule has 2 atom stereocenters. The van der Waals surface area contributed by atoms with E-state index in [1.54, 1.807) is 13.0 Å². The molecule has 0 aliphatic carbocycles. The maximum absolute atomic E-state index is 12.6. The summed E-state index contributed by atoms with van der Waals surface area (Å²) in [5.41, 5.74) is 2.27. The fourth-order valence-electron chi connectivity index (χ4n) is 2.66. The molecule has 0 aromatic heterocycles. The lowest BCUT2D eigenvalue weighted by molar-refractivity contribution is -0.122. The number of primary sulfonamides is 1. The van der Waals surface area contributed by atoms with Gasteiger partial charge in [0.15, 0.2) is 0 Å². The van der Waals surface area contributed by atoms with Crippen LogP contribution in [0.5, 0.6) is 0 Å². The lowest BCUT2D eigenvalue weighted by Crippen LogP contribution is -2.39. The van der Waals surface area contributed by atoms with Crippen molar-refractivity contribution in [1.82, 2.24) is 5.32 Å². The standard InChI is InChI=1S/C19H26N4O3S/c1-13(15-8-6-5-7-9-15)22-19(24)14(2)21-17-12-16(27(20,25)26)10-11-18(17)23(3)4/h5-14,21H,1-4H3,(H,22,24)(H2,20,25,26)/t13-,14+/m0/s1. The van der Waals surface area contributed by atoms with Crippen LogP contribution in [-0.2, 0) is 14.8 Å². The van der Waals surface area contributed by atoms with Crippen LogP contribution in [0, 0.1) is 0 Å². The summed E-state index contributed by atoms with van der Waals surface area (Å²) in [5.74, 6) is -0.197. The van der Waals surface area contributed by atoms with Gasteiger partial charge in [0.05, 0.1) is 22.3 Å². The molecule has 2 aromatic carbocycles. The molecule has 146 valence electrons. The Kier molecular flexibility index (Phi) is 6.45. The third-order valence-corrected chi connectivity index (χ3v) is 5.11. The molecule has 1 amide bonds. The van der Waals surface area contributed by atoms with Gasteiger partial charge >= 0.3 is 0 Å². The quantitative estimate of drug-likeness (QED) is 0.671. The van der Waals surface area contributed by atoms with Gasteiger partial charge in [0.2, 0.25) is 15.9 Å². The van der Waals surface area contributed by atoms with Crippen molar-refractivity contribution < 1.29 is 13.2 Å². The van der Waals surface area contributed by atoms with Crippen LogP contribution in [0.15, 0.2) is 53.4 Å². The monoisotopic (exact) mass is 390 g/mol. The van der Waals surface area contributed by atoms with Crippen LogP contribution in [0.4, 0.5) is 11.4 Å². The second-order valence-electron chi connectivity index (χ2n) is 6.63. The molecule has 27 heavy (non-hydrogen) atoms. The Hall–Kier alpha value is -2.58. The molecule has 0 aliphatic rings. The van der Waals surface area contributed by atoms with E-state index in [2.05, 4.69) is 10.6 Å². The van der Waals surface area contributed by atoms with Crippen LogP contribution < -0.4 is 20.7 Å². The summed E-state index contributed by atoms with van der Waals surface area (Å²) in [6, 6.07) is 13.5. The highest BCUT2D eigenvalue weighted by Crippen LogP contribution is 2.28. The van der Waals surface area contributed by atoms with Gasteiger partial charge in [-0.3, -0.25) is 4.79 Å². The highest BCUT2D eigenvalue weighted by atomic mass is 32.2. The molecule has 0 saturated carbocycles. The molecule has 2 aromatic rings. The van der Waals surface area contributed by atoms with Gasteiger partial charge in [-0.1, -0.05) is 30.3 Å². The predicted molar refractivity (Wildman–Crippen MR) is 108 cm³/mol. The zero-order chi connectivity index (χ0) is 20.2. The summed E-state index contributed by atoms with van der Waals surface area (Å²) < 4.78 is 23.3. The number of nitrogens with two attached hydrogens (primary N) is 1. The Morgan fingerprint density at radius 1 is 1.07 bits per heavy atom. The highest BCUT2D eigenvalue weighted by molar-refractivity contribution is 7.89. The van der Waals surface area contributed by atoms with Crippen molar-refractivity contribution >= 4 is 27.3 Å². The lowest BCUT2D eigenvalue weighted by atomic mass is 10.1. The largest absolute Gasteiger partial charge is 0.376 e. The van der Waals surface area contributed by atoms with Gasteiger partial charge in [0.25, 0.3) is 0 Å². The highest BCUT2D eigenvalue weighted by Gasteiger charge is 2.19. The molecule has 4 N–H and O–H groups in total. The molecule has 8 heteroatoms. The first-order valence-electron chi connectivity index (χ1n) is 8.55. The van der Waals surface area contributed by atoms with Crippen LogP contribution in [0.25, 0.3) is 0 Å². The second-order valence-corrected chi connectivity index (χ2v) is 8.19. The van der Waals surface area contributed by atoms with E-state index in [-0.39, 0.29) is 16.8 Å². The summed E-state index contributed by atoms with van der Waals surface area (Å²) in [4.78, 5) is 14.4. The Morgan fingerprint density at radius 3 is 2.26 bits per heavy atom. The van der Waals surface area contributed by atoms with Gasteiger partial charge < -0.3 is 15.5 Å². The summed E-state index contributed by atoms with van der Waals surface area (Å²) in [6.07, 6.45) is 0. The van der Waals surface area contributed by atoms with Crippen LogP contribution >= 0.6 is 0 Å². The number of carbonyl (C=O) groups is 1. The van der Waals surface area contributed by atoms with E-state index < -0.39 is 16.1 Å². The van der Waals surface area contributed by atoms with E-state index in [0.29, 0.717) is 5.69 Å². The number of hydrogen-bond acceptors (Lipinski definition) is 5. The van der Waals surface area contributed by atoms with Gasteiger partial charge in [0, 0.05) is 14.1 Å². The van der Waals surface area contributed by atoms with Crippen LogP contribution in [0.1, 0.15) is 25.5 Å². The number of anilines is 2. The van der Waals surface area contributed by atoms with E-state index in [0.717, 1.165) is 11.3 Å². The second kappa shape index (κ2) is 8.41. The van der Waals surface area contributed by atoms with Crippen molar-refractivity contribution in [2.75, 3.05) is 24.3 Å². The minimum Gasteiger partial charge on any atom is -0.376 e. The summed E-state index contributed by atoms with van der Waals surface area (Å²) in [6.45, 7) is 3.63. The molecule has 0 saturated heterocycles. The zero-order valence-electron chi connectivity index (χ0n) is 15.9. The molecule has 2 rings (SSSR count). The minimum absolute atomic E-state index is 0.0131. The molecule has 7 nitrogen and oxygen atoms in total. The number of amides is 1. The fourth-order valence-corrected chi connectivity index (χ4v) is 3.20. The molecule has 0 heterocycles. The first-order valence-corrected chi connectivity index (χ1v) is 10.1. The summed E-state index contributed by atoms with van der Waals surface area (Å²) in [7, 11) is -0.173. The molecular formula is C19H26N4O3S. The van der Waals surface area contributed by atoms with Crippen LogP contribution in [-0.4, -0.2) is 34.5 Å². The van der Waals surface area contributed by atoms with Crippen LogP contribution in [0.3, 0.4) is 0 Å². The van der Waals surface area contributed by atoms with Crippen molar-refractivity contribution in [2.24, 2.45) is 5.14 Å². The third kappa shape index (κ3) is 5.45. The van der Waals surface area contributed by atoms with E-state index in [9.17, 15) is 13.2 Å². The number of nitrogens with one attached hydrogen (secondary N) is 2. The Morgan fingerprint density at radius 2 is 1.70 bits per heavy atom. The summed E-state index contributed by atoms with van der Waals surface area (Å²) >= 11 is 0. The van der Waals surface area contributed by atoms with Crippen molar-refractivity contribution in [3.05, 3.63) is 54.1 Å². The molecule has 0 aliphatic heterocycles. The normalized spacial score (nSPS) is 13.5. The number of nitrogens with zero attached hydrogens (tertiary/aromatic N) is 1.